The Kier molecular flexibility index (Phi) is 9.70. The van der Waals surface area contributed by atoms with Crippen LogP contribution in [0.25, 0.3) is 16.5 Å². The van der Waals surface area contributed by atoms with Crippen LogP contribution < -0.4 is 10.8 Å². The molecule has 0 radical (unpaired) electrons. The molecular weight excluding hydrogens is 547 g/mol. The van der Waals surface area contributed by atoms with Crippen molar-refractivity contribution in [3.63, 3.8) is 0 Å². The van der Waals surface area contributed by atoms with Crippen LogP contribution in [0.5, 0.6) is 0 Å². The Balaban J connectivity index is 1.21. The van der Waals surface area contributed by atoms with Gasteiger partial charge in [0.25, 0.3) is 0 Å². The van der Waals surface area contributed by atoms with Gasteiger partial charge in [-0.25, -0.2) is 14.7 Å². The Bertz CT molecular complexity index is 1310. The molecule has 2 aromatic carbocycles. The van der Waals surface area contributed by atoms with E-state index in [2.05, 4.69) is 22.9 Å². The van der Waals surface area contributed by atoms with Crippen LogP contribution in [0.2, 0.25) is 0 Å². The fourth-order valence-corrected chi connectivity index (χ4v) is 7.79. The first kappa shape index (κ1) is 28.5. The molecule has 0 spiro atoms. The van der Waals surface area contributed by atoms with Crippen LogP contribution in [-0.4, -0.2) is 30.5 Å². The summed E-state index contributed by atoms with van der Waals surface area (Å²) in [7, 11) is 0. The molecule has 0 aliphatic carbocycles. The largest absolute Gasteiger partial charge is 0.350 e. The fourth-order valence-electron chi connectivity index (χ4n) is 4.89. The summed E-state index contributed by atoms with van der Waals surface area (Å²) in [6.07, 6.45) is 9.30. The Morgan fingerprint density at radius 3 is 2.58 bits per heavy atom. The zero-order valence-corrected chi connectivity index (χ0v) is 23.8. The number of rotatable bonds is 9. The molecule has 3 aromatic rings. The zero-order chi connectivity index (χ0) is 27.8. The van der Waals surface area contributed by atoms with Crippen LogP contribution >= 0.6 is 23.1 Å². The second kappa shape index (κ2) is 13.6. The molecule has 2 fully saturated rings. The van der Waals surface area contributed by atoms with Gasteiger partial charge in [-0.05, 0) is 85.0 Å². The summed E-state index contributed by atoms with van der Waals surface area (Å²) >= 11 is 3.60. The minimum absolute atomic E-state index is 0.113. The van der Waals surface area contributed by atoms with Gasteiger partial charge in [-0.3, -0.25) is 9.59 Å². The maximum absolute atomic E-state index is 13.0. The Labute approximate surface area is 242 Å². The monoisotopic (exact) mass is 580 g/mol. The predicted octanol–water partition coefficient (Wildman–Crippen LogP) is 7.28. The lowest BCUT2D eigenvalue weighted by atomic mass is 9.94. The summed E-state index contributed by atoms with van der Waals surface area (Å²) < 4.78 is 18.4. The van der Waals surface area contributed by atoms with Crippen LogP contribution in [0.1, 0.15) is 55.4 Å². The number of carbonyl (C=O) groups excluding carboxylic acids is 2. The minimum atomic E-state index is -0.358. The number of carbonyl (C=O) groups is 2. The molecular formula is C31H33FN2O4S2. The van der Waals surface area contributed by atoms with Gasteiger partial charge in [-0.2, -0.15) is 0 Å². The summed E-state index contributed by atoms with van der Waals surface area (Å²) in [6, 6.07) is 18.0. The van der Waals surface area contributed by atoms with Gasteiger partial charge >= 0.3 is 0 Å². The van der Waals surface area contributed by atoms with E-state index in [1.54, 1.807) is 17.4 Å². The molecule has 5 rings (SSSR count). The molecule has 210 valence electrons. The summed E-state index contributed by atoms with van der Waals surface area (Å²) in [5, 5.41) is 2.72. The first-order valence-corrected chi connectivity index (χ1v) is 15.4. The van der Waals surface area contributed by atoms with Crippen molar-refractivity contribution in [2.75, 3.05) is 17.7 Å². The van der Waals surface area contributed by atoms with Crippen molar-refractivity contribution in [3.8, 4) is 10.4 Å². The van der Waals surface area contributed by atoms with E-state index in [-0.39, 0.29) is 28.7 Å². The molecule has 0 bridgehead atoms. The normalized spacial score (nSPS) is 21.3. The van der Waals surface area contributed by atoms with Gasteiger partial charge in [0.15, 0.2) is 6.29 Å². The van der Waals surface area contributed by atoms with Crippen molar-refractivity contribution in [2.24, 2.45) is 0 Å². The van der Waals surface area contributed by atoms with E-state index in [9.17, 15) is 14.0 Å². The predicted molar refractivity (Wildman–Crippen MR) is 159 cm³/mol. The molecule has 1 aromatic heterocycles. The summed E-state index contributed by atoms with van der Waals surface area (Å²) in [5.74, 6) is 0.287. The molecule has 2 saturated heterocycles. The van der Waals surface area contributed by atoms with Crippen LogP contribution in [0.3, 0.4) is 0 Å². The molecule has 2 aliphatic rings. The number of anilines is 1. The third kappa shape index (κ3) is 7.60. The molecule has 6 nitrogen and oxygen atoms in total. The van der Waals surface area contributed by atoms with E-state index < -0.39 is 0 Å². The van der Waals surface area contributed by atoms with Gasteiger partial charge in [-0.1, -0.05) is 30.7 Å². The van der Waals surface area contributed by atoms with Crippen molar-refractivity contribution >= 4 is 46.7 Å². The van der Waals surface area contributed by atoms with Crippen LogP contribution in [0, 0.1) is 5.82 Å². The van der Waals surface area contributed by atoms with Crippen LogP contribution in [-0.2, 0) is 23.9 Å². The number of hydrogen-bond donors (Lipinski definition) is 2. The third-order valence-corrected chi connectivity index (χ3v) is 10.1. The second-order valence-corrected chi connectivity index (χ2v) is 12.6. The quantitative estimate of drug-likeness (QED) is 0.205. The van der Waals surface area contributed by atoms with Crippen LogP contribution in [0.4, 0.5) is 10.1 Å². The van der Waals surface area contributed by atoms with Crippen molar-refractivity contribution in [1.82, 2.24) is 5.48 Å². The number of amides is 2. The highest BCUT2D eigenvalue weighted by molar-refractivity contribution is 8.00. The van der Waals surface area contributed by atoms with E-state index in [1.165, 1.54) is 35.2 Å². The molecule has 40 heavy (non-hydrogen) atoms. The number of hydrogen-bond acceptors (Lipinski definition) is 6. The molecule has 2 atom stereocenters. The average Bonchev–Trinajstić information content (AvgIpc) is 3.49. The lowest BCUT2D eigenvalue weighted by Gasteiger charge is -2.35. The average molecular weight is 581 g/mol. The molecule has 1 unspecified atom stereocenters. The van der Waals surface area contributed by atoms with Gasteiger partial charge in [0.1, 0.15) is 5.82 Å². The maximum atomic E-state index is 13.0. The number of hydroxylamine groups is 1. The van der Waals surface area contributed by atoms with Crippen molar-refractivity contribution in [2.45, 2.75) is 56.0 Å². The second-order valence-electron chi connectivity index (χ2n) is 10.0. The number of benzene rings is 2. The topological polar surface area (TPSA) is 76.7 Å². The van der Waals surface area contributed by atoms with E-state index >= 15 is 0 Å². The van der Waals surface area contributed by atoms with Crippen molar-refractivity contribution in [3.05, 3.63) is 83.0 Å². The van der Waals surface area contributed by atoms with Crippen LogP contribution in [0.15, 0.2) is 66.7 Å². The summed E-state index contributed by atoms with van der Waals surface area (Å²) in [4.78, 5) is 33.0. The van der Waals surface area contributed by atoms with E-state index in [0.717, 1.165) is 60.3 Å². The summed E-state index contributed by atoms with van der Waals surface area (Å²) in [6.45, 7) is 0.669. The molecule has 9 heteroatoms. The summed E-state index contributed by atoms with van der Waals surface area (Å²) in [5.41, 5.74) is 5.17. The standard InChI is InChI=1S/C31H33FN2O4S2/c32-24-11-13-25(14-12-24)33-28(35)17-8-22-6-9-23(10-7-22)26-15-16-27(40-26)31(18-2-4-20-39-31)21-29(36)34-38-30-5-1-3-19-37-30/h6-17,30H,1-5,18-21H2,(H,33,35)(H,34,36)/t30?,31-/m0/s1. The maximum Gasteiger partial charge on any atom is 0.248 e. The Hall–Kier alpha value is -2.98. The smallest absolute Gasteiger partial charge is 0.248 e. The highest BCUT2D eigenvalue weighted by atomic mass is 32.2. The molecule has 2 aliphatic heterocycles. The highest BCUT2D eigenvalue weighted by Gasteiger charge is 2.38. The molecule has 2 amide bonds. The minimum Gasteiger partial charge on any atom is -0.350 e. The van der Waals surface area contributed by atoms with Gasteiger partial charge in [0.05, 0.1) is 4.75 Å². The van der Waals surface area contributed by atoms with Gasteiger partial charge in [0.2, 0.25) is 11.8 Å². The number of ether oxygens (including phenoxy) is 1. The number of thiophene rings is 1. The lowest BCUT2D eigenvalue weighted by Crippen LogP contribution is -2.37. The Morgan fingerprint density at radius 1 is 1.02 bits per heavy atom. The van der Waals surface area contributed by atoms with E-state index in [1.807, 2.05) is 36.0 Å². The van der Waals surface area contributed by atoms with E-state index in [4.69, 9.17) is 9.57 Å². The van der Waals surface area contributed by atoms with Gasteiger partial charge in [-0.15, -0.1) is 23.1 Å². The Morgan fingerprint density at radius 2 is 1.85 bits per heavy atom. The molecule has 0 saturated carbocycles. The SMILES string of the molecule is O=C(C=Cc1ccc(-c2ccc([C@@]3(CC(=O)NOC4CCCCO4)CCCCS3)s2)cc1)Nc1ccc(F)cc1. The van der Waals surface area contributed by atoms with Gasteiger partial charge in [0, 0.05) is 41.0 Å². The third-order valence-electron chi connectivity index (χ3n) is 7.03. The lowest BCUT2D eigenvalue weighted by molar-refractivity contribution is -0.200. The highest BCUT2D eigenvalue weighted by Crippen LogP contribution is 2.50. The fraction of sp³-hybridized carbons (Fsp3) is 0.355. The zero-order valence-electron chi connectivity index (χ0n) is 22.2. The van der Waals surface area contributed by atoms with Crippen molar-refractivity contribution in [1.29, 1.82) is 0 Å². The first-order valence-electron chi connectivity index (χ1n) is 13.6. The first-order chi connectivity index (χ1) is 19.5. The molecule has 2 N–H and O–H groups in total. The van der Waals surface area contributed by atoms with Gasteiger partial charge < -0.3 is 10.1 Å². The number of halogens is 1. The number of nitrogens with one attached hydrogen (secondary N) is 2. The molecule has 3 heterocycles. The van der Waals surface area contributed by atoms with Crippen molar-refractivity contribution < 1.29 is 23.6 Å². The van der Waals surface area contributed by atoms with E-state index in [0.29, 0.717) is 18.7 Å². The number of thioether (sulfide) groups is 1.